The average molecular weight is 449 g/mol. The van der Waals surface area contributed by atoms with E-state index in [4.69, 9.17) is 4.98 Å². The lowest BCUT2D eigenvalue weighted by Crippen LogP contribution is -2.35. The van der Waals surface area contributed by atoms with E-state index in [9.17, 15) is 18.0 Å². The number of imidazole rings is 1. The van der Waals surface area contributed by atoms with E-state index in [-0.39, 0.29) is 12.1 Å². The molecular formula is C22H23F3N4OS. The number of urea groups is 1. The van der Waals surface area contributed by atoms with Gasteiger partial charge in [0.15, 0.2) is 0 Å². The number of amides is 2. The Bertz CT molecular complexity index is 1080. The molecule has 0 saturated carbocycles. The van der Waals surface area contributed by atoms with Crippen molar-refractivity contribution >= 4 is 34.5 Å². The second-order valence-corrected chi connectivity index (χ2v) is 8.40. The number of likely N-dealkylation sites (tertiary alicyclic amines) is 1. The van der Waals surface area contributed by atoms with Crippen molar-refractivity contribution in [1.82, 2.24) is 14.5 Å². The Morgan fingerprint density at radius 2 is 1.94 bits per heavy atom. The van der Waals surface area contributed by atoms with Crippen molar-refractivity contribution in [3.05, 3.63) is 54.4 Å². The number of aromatic nitrogens is 2. The zero-order valence-electron chi connectivity index (χ0n) is 17.0. The number of hydrogen-bond acceptors (Lipinski definition) is 3. The van der Waals surface area contributed by atoms with Crippen molar-refractivity contribution in [1.29, 1.82) is 0 Å². The molecule has 2 heterocycles. The summed E-state index contributed by atoms with van der Waals surface area (Å²) in [5, 5.41) is 2.82. The Kier molecular flexibility index (Phi) is 6.13. The highest BCUT2D eigenvalue weighted by Gasteiger charge is 2.34. The van der Waals surface area contributed by atoms with Crippen LogP contribution in [0.15, 0.2) is 53.4 Å². The predicted octanol–water partition coefficient (Wildman–Crippen LogP) is 6.08. The molecule has 1 atom stereocenters. The van der Waals surface area contributed by atoms with Crippen molar-refractivity contribution in [2.75, 3.05) is 17.6 Å². The van der Waals surface area contributed by atoms with Crippen LogP contribution in [0.4, 0.5) is 23.7 Å². The molecule has 0 radical (unpaired) electrons. The number of carbonyl (C=O) groups excluding carboxylic acids is 1. The van der Waals surface area contributed by atoms with Gasteiger partial charge in [-0.05, 0) is 44.0 Å². The number of anilines is 1. The van der Waals surface area contributed by atoms with E-state index in [0.29, 0.717) is 28.9 Å². The van der Waals surface area contributed by atoms with Crippen LogP contribution in [-0.4, -0.2) is 39.0 Å². The van der Waals surface area contributed by atoms with Gasteiger partial charge in [-0.3, -0.25) is 0 Å². The third kappa shape index (κ3) is 4.66. The SMILES string of the molecule is CCn1c(C2CCCN2C(=O)Nc2ccccc2SCC(F)(F)F)nc2ccccc21. The predicted molar refractivity (Wildman–Crippen MR) is 116 cm³/mol. The highest BCUT2D eigenvalue weighted by molar-refractivity contribution is 7.99. The monoisotopic (exact) mass is 448 g/mol. The zero-order chi connectivity index (χ0) is 22.0. The number of benzene rings is 2. The molecule has 31 heavy (non-hydrogen) atoms. The highest BCUT2D eigenvalue weighted by atomic mass is 32.2. The smallest absolute Gasteiger partial charge is 0.327 e. The highest BCUT2D eigenvalue weighted by Crippen LogP contribution is 2.36. The maximum absolute atomic E-state index is 13.1. The van der Waals surface area contributed by atoms with Crippen LogP contribution in [0.5, 0.6) is 0 Å². The van der Waals surface area contributed by atoms with Gasteiger partial charge in [-0.1, -0.05) is 24.3 Å². The van der Waals surface area contributed by atoms with Crippen molar-refractivity contribution in [2.24, 2.45) is 0 Å². The fourth-order valence-corrected chi connectivity index (χ4v) is 4.77. The summed E-state index contributed by atoms with van der Waals surface area (Å²) in [6.07, 6.45) is -2.64. The first-order valence-corrected chi connectivity index (χ1v) is 11.2. The number of rotatable bonds is 5. The van der Waals surface area contributed by atoms with E-state index in [1.807, 2.05) is 31.2 Å². The lowest BCUT2D eigenvalue weighted by Gasteiger charge is -2.25. The first-order chi connectivity index (χ1) is 14.9. The minimum atomic E-state index is -4.28. The topological polar surface area (TPSA) is 50.2 Å². The van der Waals surface area contributed by atoms with Crippen LogP contribution in [0.3, 0.4) is 0 Å². The molecule has 5 nitrogen and oxygen atoms in total. The van der Waals surface area contributed by atoms with Gasteiger partial charge in [0, 0.05) is 18.0 Å². The Labute approximate surface area is 182 Å². The number of fused-ring (bicyclic) bond motifs is 1. The molecule has 2 amide bonds. The lowest BCUT2D eigenvalue weighted by molar-refractivity contribution is -0.105. The summed E-state index contributed by atoms with van der Waals surface area (Å²) in [6, 6.07) is 14.0. The number of nitrogens with zero attached hydrogens (tertiary/aromatic N) is 3. The molecule has 2 aromatic carbocycles. The summed E-state index contributed by atoms with van der Waals surface area (Å²) in [5.74, 6) is -0.164. The minimum absolute atomic E-state index is 0.178. The van der Waals surface area contributed by atoms with E-state index >= 15 is 0 Å². The van der Waals surface area contributed by atoms with Gasteiger partial charge in [0.05, 0.1) is 28.5 Å². The van der Waals surface area contributed by atoms with Crippen molar-refractivity contribution in [2.45, 2.75) is 43.4 Å². The molecule has 1 aromatic heterocycles. The van der Waals surface area contributed by atoms with Gasteiger partial charge >= 0.3 is 12.2 Å². The molecule has 0 spiro atoms. The van der Waals surface area contributed by atoms with E-state index in [2.05, 4.69) is 9.88 Å². The molecule has 1 fully saturated rings. The summed E-state index contributed by atoms with van der Waals surface area (Å²) in [7, 11) is 0. The van der Waals surface area contributed by atoms with Crippen LogP contribution >= 0.6 is 11.8 Å². The average Bonchev–Trinajstić information content (AvgIpc) is 3.36. The molecule has 1 unspecified atom stereocenters. The van der Waals surface area contributed by atoms with Crippen molar-refractivity contribution < 1.29 is 18.0 Å². The quantitative estimate of drug-likeness (QED) is 0.481. The van der Waals surface area contributed by atoms with Crippen LogP contribution in [0.1, 0.15) is 31.6 Å². The molecule has 164 valence electrons. The van der Waals surface area contributed by atoms with Gasteiger partial charge in [-0.2, -0.15) is 13.2 Å². The number of para-hydroxylation sites is 3. The number of aryl methyl sites for hydroxylation is 1. The molecule has 4 rings (SSSR count). The zero-order valence-corrected chi connectivity index (χ0v) is 17.8. The first kappa shape index (κ1) is 21.5. The Morgan fingerprint density at radius 1 is 1.19 bits per heavy atom. The number of carbonyl (C=O) groups is 1. The van der Waals surface area contributed by atoms with Gasteiger partial charge in [0.1, 0.15) is 5.82 Å². The Hall–Kier alpha value is -2.68. The number of halogens is 3. The van der Waals surface area contributed by atoms with E-state index < -0.39 is 11.9 Å². The van der Waals surface area contributed by atoms with Crippen LogP contribution < -0.4 is 5.32 Å². The summed E-state index contributed by atoms with van der Waals surface area (Å²) >= 11 is 0.670. The van der Waals surface area contributed by atoms with Crippen LogP contribution in [0, 0.1) is 0 Å². The molecule has 1 saturated heterocycles. The Balaban J connectivity index is 1.56. The number of nitrogens with one attached hydrogen (secondary N) is 1. The van der Waals surface area contributed by atoms with Crippen LogP contribution in [0.25, 0.3) is 11.0 Å². The maximum atomic E-state index is 13.1. The van der Waals surface area contributed by atoms with Crippen molar-refractivity contribution in [3.8, 4) is 0 Å². The van der Waals surface area contributed by atoms with E-state index in [0.717, 1.165) is 36.2 Å². The van der Waals surface area contributed by atoms with E-state index in [1.54, 1.807) is 29.2 Å². The molecule has 1 aliphatic rings. The first-order valence-electron chi connectivity index (χ1n) is 10.2. The van der Waals surface area contributed by atoms with Crippen molar-refractivity contribution in [3.63, 3.8) is 0 Å². The summed E-state index contributed by atoms with van der Waals surface area (Å²) in [5.41, 5.74) is 2.30. The molecule has 1 aliphatic heterocycles. The van der Waals surface area contributed by atoms with Gasteiger partial charge in [0.25, 0.3) is 0 Å². The minimum Gasteiger partial charge on any atom is -0.327 e. The molecule has 3 aromatic rings. The number of alkyl halides is 3. The third-order valence-electron chi connectivity index (χ3n) is 5.33. The molecule has 0 aliphatic carbocycles. The summed E-state index contributed by atoms with van der Waals surface area (Å²) < 4.78 is 40.1. The van der Waals surface area contributed by atoms with Gasteiger partial charge in [0.2, 0.25) is 0 Å². The fraction of sp³-hybridized carbons (Fsp3) is 0.364. The number of thioether (sulfide) groups is 1. The Morgan fingerprint density at radius 3 is 2.71 bits per heavy atom. The van der Waals surface area contributed by atoms with E-state index in [1.165, 1.54) is 0 Å². The molecule has 1 N–H and O–H groups in total. The largest absolute Gasteiger partial charge is 0.398 e. The van der Waals surface area contributed by atoms with Gasteiger partial charge < -0.3 is 14.8 Å². The second kappa shape index (κ2) is 8.82. The van der Waals surface area contributed by atoms with Gasteiger partial charge in [-0.25, -0.2) is 9.78 Å². The third-order valence-corrected chi connectivity index (χ3v) is 6.47. The molecule has 9 heteroatoms. The second-order valence-electron chi connectivity index (χ2n) is 7.38. The standard InChI is InChI=1S/C22H23F3N4OS/c1-2-28-17-10-5-3-8-15(17)26-20(28)18-11-7-13-29(18)21(30)27-16-9-4-6-12-19(16)31-14-22(23,24)25/h3-6,8-10,12,18H,2,7,11,13-14H2,1H3,(H,27,30). The fourth-order valence-electron chi connectivity index (χ4n) is 4.00. The molecular weight excluding hydrogens is 425 g/mol. The van der Waals surface area contributed by atoms with Crippen LogP contribution in [0.2, 0.25) is 0 Å². The normalized spacial score (nSPS) is 16.8. The molecule has 0 bridgehead atoms. The lowest BCUT2D eigenvalue weighted by atomic mass is 10.2. The number of hydrogen-bond donors (Lipinski definition) is 1. The maximum Gasteiger partial charge on any atom is 0.398 e. The van der Waals surface area contributed by atoms with Gasteiger partial charge in [-0.15, -0.1) is 11.8 Å². The summed E-state index contributed by atoms with van der Waals surface area (Å²) in [6.45, 7) is 3.35. The van der Waals surface area contributed by atoms with Crippen LogP contribution in [-0.2, 0) is 6.54 Å². The summed E-state index contributed by atoms with van der Waals surface area (Å²) in [4.78, 5) is 20.0.